The summed E-state index contributed by atoms with van der Waals surface area (Å²) in [6, 6.07) is -0.793. The quantitative estimate of drug-likeness (QED) is 0.178. The molecule has 0 unspecified atom stereocenters. The molecule has 0 aliphatic carbocycles. The minimum atomic E-state index is -2.35. The summed E-state index contributed by atoms with van der Waals surface area (Å²) < 4.78 is 23.5. The average Bonchev–Trinajstić information content (AvgIpc) is 3.22. The zero-order valence-corrected chi connectivity index (χ0v) is 39.7. The molecule has 0 radical (unpaired) electrons. The Bertz CT molecular complexity index is 1670. The first-order chi connectivity index (χ1) is 31.5. The van der Waals surface area contributed by atoms with Crippen LogP contribution in [0.4, 0.5) is 0 Å². The van der Waals surface area contributed by atoms with E-state index in [-0.39, 0.29) is 38.0 Å². The van der Waals surface area contributed by atoms with Crippen LogP contribution in [-0.2, 0) is 28.5 Å². The second kappa shape index (κ2) is 28.5. The van der Waals surface area contributed by atoms with Gasteiger partial charge in [-0.05, 0) is 66.5 Å². The molecule has 0 aromatic carbocycles. The number of fused-ring (bicyclic) bond motifs is 2. The summed E-state index contributed by atoms with van der Waals surface area (Å²) in [5.41, 5.74) is 0. The van der Waals surface area contributed by atoms with E-state index in [1.165, 1.54) is 0 Å². The van der Waals surface area contributed by atoms with E-state index in [9.17, 15) is 65.8 Å². The third-order valence-electron chi connectivity index (χ3n) is 12.8. The van der Waals surface area contributed by atoms with Gasteiger partial charge in [0.15, 0.2) is 12.1 Å². The molecule has 0 amide bonds. The van der Waals surface area contributed by atoms with Crippen molar-refractivity contribution in [2.45, 2.75) is 189 Å². The highest BCUT2D eigenvalue weighted by atomic mass is 16.7. The van der Waals surface area contributed by atoms with Crippen LogP contribution in [-0.4, -0.2) is 185 Å². The third-order valence-corrected chi connectivity index (χ3v) is 12.8. The van der Waals surface area contributed by atoms with Gasteiger partial charge in [-0.15, -0.1) is 0 Å². The van der Waals surface area contributed by atoms with Crippen LogP contribution < -0.4 is 0 Å². The van der Waals surface area contributed by atoms with Gasteiger partial charge < -0.3 is 80.0 Å². The van der Waals surface area contributed by atoms with Gasteiger partial charge in [-0.1, -0.05) is 86.8 Å². The second-order valence-corrected chi connectivity index (χ2v) is 18.7. The molecule has 0 spiro atoms. The van der Waals surface area contributed by atoms with E-state index in [1.54, 1.807) is 70.1 Å². The molecule has 0 aromatic rings. The van der Waals surface area contributed by atoms with Gasteiger partial charge in [0.25, 0.3) is 0 Å². The van der Waals surface area contributed by atoms with Crippen LogP contribution in [0, 0.1) is 17.8 Å². The van der Waals surface area contributed by atoms with Gasteiger partial charge in [-0.3, -0.25) is 9.59 Å². The number of cyclic esters (lactones) is 1. The topological polar surface area (TPSA) is 297 Å². The smallest absolute Gasteiger partial charge is 0.311 e. The molecule has 18 nitrogen and oxygen atoms in total. The second-order valence-electron chi connectivity index (χ2n) is 18.7. The van der Waals surface area contributed by atoms with E-state index in [0.29, 0.717) is 0 Å². The van der Waals surface area contributed by atoms with E-state index in [2.05, 4.69) is 0 Å². The van der Waals surface area contributed by atoms with Gasteiger partial charge in [0.1, 0.15) is 18.1 Å². The number of esters is 1. The number of allylic oxidation sites excluding steroid dienone is 10. The summed E-state index contributed by atoms with van der Waals surface area (Å²) in [5.74, 6) is -6.78. The molecule has 2 saturated heterocycles. The first kappa shape index (κ1) is 58.1. The molecule has 3 aliphatic heterocycles. The Morgan fingerprint density at radius 2 is 1.27 bits per heavy atom. The lowest BCUT2D eigenvalue weighted by atomic mass is 9.82. The first-order valence-corrected chi connectivity index (χ1v) is 23.5. The van der Waals surface area contributed by atoms with Gasteiger partial charge in [0.2, 0.25) is 0 Å². The SMILES string of the molecule is C[C@@H]1[C@H](O)[C@@H](C)/C=C/C=C/CC/C=C/C=C/C=C/C=C/[C@H](O[C@H]2O[C@H](C)[C@@H](O)[C@H](N(C)C)[C@@H]2O)C[C@@H]2O[C@](O)(C[C@@H](O)[C@H](O)CC[C@@H](O)C[C@@H](O)C[C@@H](O)CC(=O)O[C@H]1C)C[C@H](O)[C@H]2C(=O)O. The Hall–Kier alpha value is -3.18. The lowest BCUT2D eigenvalue weighted by molar-refractivity contribution is -0.312. The zero-order valence-electron chi connectivity index (χ0n) is 39.7. The summed E-state index contributed by atoms with van der Waals surface area (Å²) >= 11 is 0. The maximum Gasteiger partial charge on any atom is 0.311 e. The number of carboxylic acid groups (broad SMARTS) is 1. The fourth-order valence-electron chi connectivity index (χ4n) is 8.67. The molecule has 0 aromatic heterocycles. The van der Waals surface area contributed by atoms with E-state index in [1.807, 2.05) is 49.5 Å². The number of carbonyl (C=O) groups excluding carboxylic acids is 1. The number of aliphatic hydroxyl groups is 10. The van der Waals surface area contributed by atoms with E-state index in [4.69, 9.17) is 18.9 Å². The molecule has 0 saturated carbocycles. The van der Waals surface area contributed by atoms with Crippen molar-refractivity contribution in [3.8, 4) is 0 Å². The molecular weight excluding hydrogens is 875 g/mol. The van der Waals surface area contributed by atoms with Crippen LogP contribution in [0.3, 0.4) is 0 Å². The lowest BCUT2D eigenvalue weighted by Gasteiger charge is -2.46. The predicted molar refractivity (Wildman–Crippen MR) is 247 cm³/mol. The molecule has 3 heterocycles. The Morgan fingerprint density at radius 1 is 0.687 bits per heavy atom. The number of hydrogen-bond acceptors (Lipinski definition) is 17. The molecule has 11 N–H and O–H groups in total. The number of aliphatic carboxylic acids is 1. The number of carboxylic acids is 1. The molecule has 67 heavy (non-hydrogen) atoms. The summed E-state index contributed by atoms with van der Waals surface area (Å²) in [7, 11) is 3.35. The fraction of sp³-hybridized carbons (Fsp3) is 0.714. The van der Waals surface area contributed by atoms with Crippen molar-refractivity contribution >= 4 is 11.9 Å². The van der Waals surface area contributed by atoms with Gasteiger partial charge >= 0.3 is 11.9 Å². The van der Waals surface area contributed by atoms with Crippen molar-refractivity contribution in [1.29, 1.82) is 0 Å². The van der Waals surface area contributed by atoms with Crippen molar-refractivity contribution in [2.24, 2.45) is 17.8 Å². The molecule has 2 fully saturated rings. The van der Waals surface area contributed by atoms with Crippen LogP contribution >= 0.6 is 0 Å². The van der Waals surface area contributed by atoms with Crippen LogP contribution in [0.2, 0.25) is 0 Å². The predicted octanol–water partition coefficient (Wildman–Crippen LogP) is 1.54. The third kappa shape index (κ3) is 19.3. The highest BCUT2D eigenvalue weighted by molar-refractivity contribution is 5.71. The molecule has 382 valence electrons. The number of ether oxygens (including phenoxy) is 4. The van der Waals surface area contributed by atoms with E-state index >= 15 is 0 Å². The normalized spacial score (nSPS) is 44.3. The molecule has 2 bridgehead atoms. The minimum Gasteiger partial charge on any atom is -0.481 e. The number of aliphatic hydroxyl groups excluding tert-OH is 9. The van der Waals surface area contributed by atoms with Gasteiger partial charge in [0.05, 0.1) is 79.6 Å². The van der Waals surface area contributed by atoms with Crippen molar-refractivity contribution in [1.82, 2.24) is 4.90 Å². The Balaban J connectivity index is 1.87. The number of nitrogens with zero attached hydrogens (tertiary/aromatic N) is 1. The molecule has 18 heteroatoms. The highest BCUT2D eigenvalue weighted by Gasteiger charge is 2.51. The van der Waals surface area contributed by atoms with Crippen LogP contribution in [0.5, 0.6) is 0 Å². The van der Waals surface area contributed by atoms with Crippen molar-refractivity contribution in [3.63, 3.8) is 0 Å². The minimum absolute atomic E-state index is 0.133. The van der Waals surface area contributed by atoms with Crippen LogP contribution in [0.25, 0.3) is 0 Å². The van der Waals surface area contributed by atoms with Crippen LogP contribution in [0.1, 0.15) is 91.9 Å². The average molecular weight is 954 g/mol. The van der Waals surface area contributed by atoms with Gasteiger partial charge in [-0.2, -0.15) is 0 Å². The highest BCUT2D eigenvalue weighted by Crippen LogP contribution is 2.38. The summed E-state index contributed by atoms with van der Waals surface area (Å²) in [5, 5.41) is 120. The van der Waals surface area contributed by atoms with Gasteiger partial charge in [0, 0.05) is 31.1 Å². The maximum atomic E-state index is 12.6. The summed E-state index contributed by atoms with van der Waals surface area (Å²) in [6.07, 6.45) is 3.05. The summed E-state index contributed by atoms with van der Waals surface area (Å²) in [6.45, 7) is 6.87. The number of hydrogen-bond donors (Lipinski definition) is 11. The lowest BCUT2D eigenvalue weighted by Crippen LogP contribution is -2.62. The van der Waals surface area contributed by atoms with Crippen molar-refractivity contribution < 1.29 is 84.7 Å². The zero-order chi connectivity index (χ0) is 50.0. The van der Waals surface area contributed by atoms with Crippen LogP contribution in [0.15, 0.2) is 72.9 Å². The Morgan fingerprint density at radius 3 is 1.91 bits per heavy atom. The number of likely N-dealkylation sites (N-methyl/N-ethyl adjacent to an activating group) is 1. The first-order valence-electron chi connectivity index (χ1n) is 23.5. The molecule has 3 aliphatic rings. The van der Waals surface area contributed by atoms with Crippen molar-refractivity contribution in [3.05, 3.63) is 72.9 Å². The van der Waals surface area contributed by atoms with Crippen molar-refractivity contribution in [2.75, 3.05) is 14.1 Å². The molecular formula is C49H79NO17. The monoisotopic (exact) mass is 954 g/mol. The number of carbonyl (C=O) groups is 2. The maximum absolute atomic E-state index is 12.6. The fourth-order valence-corrected chi connectivity index (χ4v) is 8.67. The molecule has 19 atom stereocenters. The number of rotatable bonds is 4. The van der Waals surface area contributed by atoms with Gasteiger partial charge in [-0.25, -0.2) is 0 Å². The largest absolute Gasteiger partial charge is 0.481 e. The standard InChI is InChI=1S/C49H79NO17/c1-29-19-17-15-13-11-9-7-8-10-12-14-16-18-20-36(66-48-46(60)43(50(5)6)45(59)32(4)65-48)26-40-42(47(61)62)39(56)28-49(63,67-40)27-38(55)37(54)22-21-33(51)23-34(52)24-35(53)25-41(57)64-31(3)30(2)44(29)58/h7-8,10,12-20,29-40,42-46,48,51-56,58-60,63H,9,11,21-28H2,1-6H3,(H,61,62)/b8-7+,12-10+,15-13+,16-14+,19-17+,20-18+/t29-,30-,31-,32+,33+,34+,35+,36-,37+,38+,39-,40-,42+,43-,44+,45+,46-,48+,49+/m0/s1. The summed E-state index contributed by atoms with van der Waals surface area (Å²) in [4.78, 5) is 26.8. The van der Waals surface area contributed by atoms with E-state index < -0.39 is 141 Å². The molecule has 3 rings (SSSR count). The van der Waals surface area contributed by atoms with E-state index in [0.717, 1.165) is 12.8 Å². The Kier molecular flexibility index (Phi) is 24.7. The Labute approximate surface area is 394 Å².